The van der Waals surface area contributed by atoms with Gasteiger partial charge in [0, 0.05) is 13.5 Å². The Balaban J connectivity index is 0.000000671. The lowest BCUT2D eigenvalue weighted by molar-refractivity contribution is -0.115. The van der Waals surface area contributed by atoms with Crippen molar-refractivity contribution in [2.24, 2.45) is 0 Å². The van der Waals surface area contributed by atoms with Gasteiger partial charge in [0.05, 0.1) is 6.10 Å². The number of hydrogen-bond donors (Lipinski definition) is 0. The van der Waals surface area contributed by atoms with Gasteiger partial charge in [-0.25, -0.2) is 0 Å². The summed E-state index contributed by atoms with van der Waals surface area (Å²) in [6.45, 7) is 7.67. The predicted octanol–water partition coefficient (Wildman–Crippen LogP) is 3.13. The third kappa shape index (κ3) is 5.06. The van der Waals surface area contributed by atoms with Crippen molar-refractivity contribution >= 4 is 0 Å². The van der Waals surface area contributed by atoms with Gasteiger partial charge in [-0.15, -0.1) is 6.58 Å². The van der Waals surface area contributed by atoms with Crippen LogP contribution in [0.1, 0.15) is 39.5 Å². The molecule has 0 aliphatic carbocycles. The van der Waals surface area contributed by atoms with Crippen LogP contribution in [-0.4, -0.2) is 19.5 Å². The second kappa shape index (κ2) is 8.27. The molecule has 2 heteroatoms. The quantitative estimate of drug-likeness (QED) is 0.628. The zero-order valence-corrected chi connectivity index (χ0v) is 9.08. The first kappa shape index (κ1) is 12.7. The molecule has 2 unspecified atom stereocenters. The molecule has 1 aliphatic heterocycles. The van der Waals surface area contributed by atoms with Gasteiger partial charge in [0.1, 0.15) is 0 Å². The summed E-state index contributed by atoms with van der Waals surface area (Å²) in [7, 11) is 1.69. The minimum absolute atomic E-state index is 0.0461. The molecular weight excluding hydrogens is 164 g/mol. The van der Waals surface area contributed by atoms with Crippen molar-refractivity contribution in [2.45, 2.75) is 51.9 Å². The van der Waals surface area contributed by atoms with Crippen molar-refractivity contribution in [2.75, 3.05) is 7.11 Å². The monoisotopic (exact) mass is 186 g/mol. The van der Waals surface area contributed by atoms with Crippen LogP contribution in [0.15, 0.2) is 12.7 Å². The van der Waals surface area contributed by atoms with E-state index in [1.54, 1.807) is 7.11 Å². The molecule has 1 rings (SSSR count). The zero-order valence-electron chi connectivity index (χ0n) is 9.08. The second-order valence-electron chi connectivity index (χ2n) is 2.87. The summed E-state index contributed by atoms with van der Waals surface area (Å²) in [6.07, 6.45) is 6.68. The molecular formula is C11H22O2. The molecule has 0 amide bonds. The standard InChI is InChI=1S/C9H16O2.C2H6/c1-3-4-5-8-6-7-9(10-2)11-8;1-2/h3,8-9H,1,4-7H2,2H3;1-2H3. The number of hydrogen-bond acceptors (Lipinski definition) is 2. The highest BCUT2D eigenvalue weighted by Gasteiger charge is 2.23. The molecule has 1 aliphatic rings. The average molecular weight is 186 g/mol. The average Bonchev–Trinajstić information content (AvgIpc) is 2.65. The largest absolute Gasteiger partial charge is 0.356 e. The van der Waals surface area contributed by atoms with Gasteiger partial charge < -0.3 is 9.47 Å². The summed E-state index contributed by atoms with van der Waals surface area (Å²) in [5.74, 6) is 0. The van der Waals surface area contributed by atoms with E-state index in [1.807, 2.05) is 19.9 Å². The second-order valence-corrected chi connectivity index (χ2v) is 2.87. The van der Waals surface area contributed by atoms with Crippen LogP contribution >= 0.6 is 0 Å². The zero-order chi connectivity index (χ0) is 10.1. The van der Waals surface area contributed by atoms with Crippen molar-refractivity contribution in [1.82, 2.24) is 0 Å². The maximum atomic E-state index is 5.54. The van der Waals surface area contributed by atoms with Gasteiger partial charge in [0.2, 0.25) is 0 Å². The smallest absolute Gasteiger partial charge is 0.157 e. The van der Waals surface area contributed by atoms with Crippen LogP contribution in [0.4, 0.5) is 0 Å². The normalized spacial score (nSPS) is 26.4. The fraction of sp³-hybridized carbons (Fsp3) is 0.818. The van der Waals surface area contributed by atoms with Gasteiger partial charge in [-0.3, -0.25) is 0 Å². The van der Waals surface area contributed by atoms with Crippen LogP contribution in [0.3, 0.4) is 0 Å². The Hall–Kier alpha value is -0.340. The molecule has 0 saturated carbocycles. The topological polar surface area (TPSA) is 18.5 Å². The molecule has 0 spiro atoms. The molecule has 13 heavy (non-hydrogen) atoms. The number of allylic oxidation sites excluding steroid dienone is 1. The maximum Gasteiger partial charge on any atom is 0.157 e. The highest BCUT2D eigenvalue weighted by Crippen LogP contribution is 2.23. The lowest BCUT2D eigenvalue weighted by Gasteiger charge is -2.10. The van der Waals surface area contributed by atoms with E-state index in [0.717, 1.165) is 25.7 Å². The van der Waals surface area contributed by atoms with Crippen LogP contribution in [0.25, 0.3) is 0 Å². The van der Waals surface area contributed by atoms with Crippen molar-refractivity contribution in [3.8, 4) is 0 Å². The van der Waals surface area contributed by atoms with E-state index < -0.39 is 0 Å². The number of ether oxygens (including phenoxy) is 2. The van der Waals surface area contributed by atoms with Crippen molar-refractivity contribution in [3.63, 3.8) is 0 Å². The van der Waals surface area contributed by atoms with E-state index in [0.29, 0.717) is 6.10 Å². The van der Waals surface area contributed by atoms with Crippen molar-refractivity contribution in [1.29, 1.82) is 0 Å². The summed E-state index contributed by atoms with van der Waals surface area (Å²) in [6, 6.07) is 0. The molecule has 0 aromatic heterocycles. The highest BCUT2D eigenvalue weighted by molar-refractivity contribution is 4.73. The van der Waals surface area contributed by atoms with Gasteiger partial charge >= 0.3 is 0 Å². The first-order valence-electron chi connectivity index (χ1n) is 5.16. The SMILES string of the molecule is C=CCCC1CCC(OC)O1.CC. The summed E-state index contributed by atoms with van der Waals surface area (Å²) >= 11 is 0. The van der Waals surface area contributed by atoms with E-state index in [4.69, 9.17) is 9.47 Å². The minimum atomic E-state index is 0.0461. The maximum absolute atomic E-state index is 5.54. The Morgan fingerprint density at radius 2 is 2.15 bits per heavy atom. The molecule has 2 atom stereocenters. The van der Waals surface area contributed by atoms with E-state index in [2.05, 4.69) is 6.58 Å². The van der Waals surface area contributed by atoms with Crippen molar-refractivity contribution in [3.05, 3.63) is 12.7 Å². The molecule has 1 heterocycles. The molecule has 1 saturated heterocycles. The fourth-order valence-corrected chi connectivity index (χ4v) is 1.36. The van der Waals surface area contributed by atoms with Gasteiger partial charge in [0.25, 0.3) is 0 Å². The summed E-state index contributed by atoms with van der Waals surface area (Å²) in [5.41, 5.74) is 0. The Labute approximate surface area is 81.9 Å². The van der Waals surface area contributed by atoms with Crippen LogP contribution in [0.2, 0.25) is 0 Å². The first-order valence-corrected chi connectivity index (χ1v) is 5.16. The molecule has 2 nitrogen and oxygen atoms in total. The molecule has 0 bridgehead atoms. The van der Waals surface area contributed by atoms with E-state index in [1.165, 1.54) is 0 Å². The highest BCUT2D eigenvalue weighted by atomic mass is 16.7. The van der Waals surface area contributed by atoms with Gasteiger partial charge in [-0.2, -0.15) is 0 Å². The van der Waals surface area contributed by atoms with E-state index in [-0.39, 0.29) is 6.29 Å². The minimum Gasteiger partial charge on any atom is -0.356 e. The summed E-state index contributed by atoms with van der Waals surface area (Å²) < 4.78 is 10.6. The van der Waals surface area contributed by atoms with Gasteiger partial charge in [-0.1, -0.05) is 19.9 Å². The Morgan fingerprint density at radius 3 is 2.62 bits per heavy atom. The third-order valence-electron chi connectivity index (χ3n) is 2.02. The van der Waals surface area contributed by atoms with E-state index in [9.17, 15) is 0 Å². The third-order valence-corrected chi connectivity index (χ3v) is 2.02. The Kier molecular flexibility index (Phi) is 8.05. The van der Waals surface area contributed by atoms with Crippen molar-refractivity contribution < 1.29 is 9.47 Å². The first-order chi connectivity index (χ1) is 6.36. The van der Waals surface area contributed by atoms with Crippen LogP contribution < -0.4 is 0 Å². The predicted molar refractivity (Wildman–Crippen MR) is 55.7 cm³/mol. The molecule has 0 aromatic rings. The molecule has 1 fully saturated rings. The number of methoxy groups -OCH3 is 1. The summed E-state index contributed by atoms with van der Waals surface area (Å²) in [4.78, 5) is 0. The fourth-order valence-electron chi connectivity index (χ4n) is 1.36. The summed E-state index contributed by atoms with van der Waals surface area (Å²) in [5, 5.41) is 0. The Bertz CT molecular complexity index is 123. The number of rotatable bonds is 4. The molecule has 0 aromatic carbocycles. The lowest BCUT2D eigenvalue weighted by atomic mass is 10.1. The van der Waals surface area contributed by atoms with Crippen LogP contribution in [0.5, 0.6) is 0 Å². The molecule has 0 N–H and O–H groups in total. The molecule has 0 radical (unpaired) electrons. The lowest BCUT2D eigenvalue weighted by Crippen LogP contribution is -2.11. The van der Waals surface area contributed by atoms with Gasteiger partial charge in [-0.05, 0) is 19.3 Å². The van der Waals surface area contributed by atoms with E-state index >= 15 is 0 Å². The van der Waals surface area contributed by atoms with Crippen LogP contribution in [-0.2, 0) is 9.47 Å². The Morgan fingerprint density at radius 1 is 1.46 bits per heavy atom. The molecule has 78 valence electrons. The van der Waals surface area contributed by atoms with Gasteiger partial charge in [0.15, 0.2) is 6.29 Å². The van der Waals surface area contributed by atoms with Crippen LogP contribution in [0, 0.1) is 0 Å².